The summed E-state index contributed by atoms with van der Waals surface area (Å²) in [4.78, 5) is 13.2. The van der Waals surface area contributed by atoms with Crippen LogP contribution in [0.5, 0.6) is 11.5 Å². The summed E-state index contributed by atoms with van der Waals surface area (Å²) in [6, 6.07) is 3.79. The van der Waals surface area contributed by atoms with Gasteiger partial charge in [0.15, 0.2) is 0 Å². The lowest BCUT2D eigenvalue weighted by molar-refractivity contribution is 0.216. The molecule has 1 N–H and O–H groups in total. The van der Waals surface area contributed by atoms with E-state index in [-0.39, 0.29) is 12.1 Å². The minimum absolute atomic E-state index is 0.00273. The van der Waals surface area contributed by atoms with Crippen LogP contribution in [0.2, 0.25) is 0 Å². The maximum absolute atomic E-state index is 11.5. The molecule has 18 heavy (non-hydrogen) atoms. The Bertz CT molecular complexity index is 474. The fraction of sp³-hybridized carbons (Fsp3) is 0.462. The summed E-state index contributed by atoms with van der Waals surface area (Å²) in [5, 5.41) is 2.82. The van der Waals surface area contributed by atoms with Crippen LogP contribution >= 0.6 is 0 Å². The zero-order valence-electron chi connectivity index (χ0n) is 11.1. The number of ether oxygens (including phenoxy) is 2. The molecular formula is C13H18N2O3. The fourth-order valence-electron chi connectivity index (χ4n) is 2.35. The number of carbonyl (C=O) groups is 1. The molecule has 2 amide bonds. The lowest BCUT2D eigenvalue weighted by atomic mass is 10.0. The number of likely N-dealkylation sites (N-methyl/N-ethyl adjacent to an activating group) is 1. The number of methoxy groups -OCH3 is 2. The first-order valence-corrected chi connectivity index (χ1v) is 5.82. The van der Waals surface area contributed by atoms with Crippen molar-refractivity contribution in [2.24, 2.45) is 0 Å². The van der Waals surface area contributed by atoms with Crippen molar-refractivity contribution in [3.63, 3.8) is 0 Å². The second-order valence-corrected chi connectivity index (χ2v) is 4.33. The van der Waals surface area contributed by atoms with E-state index in [1.165, 1.54) is 0 Å². The van der Waals surface area contributed by atoms with Crippen LogP contribution in [0.4, 0.5) is 4.79 Å². The monoisotopic (exact) mass is 250 g/mol. The molecule has 2 rings (SSSR count). The molecule has 1 fully saturated rings. The second kappa shape index (κ2) is 4.76. The molecule has 1 unspecified atom stereocenters. The Kier molecular flexibility index (Phi) is 3.32. The van der Waals surface area contributed by atoms with E-state index in [9.17, 15) is 4.79 Å². The number of amides is 2. The molecule has 1 atom stereocenters. The van der Waals surface area contributed by atoms with Gasteiger partial charge in [-0.2, -0.15) is 0 Å². The van der Waals surface area contributed by atoms with Crippen LogP contribution in [-0.2, 0) is 0 Å². The van der Waals surface area contributed by atoms with E-state index >= 15 is 0 Å². The zero-order chi connectivity index (χ0) is 13.3. The standard InChI is InChI=1S/C13H18N2O3/c1-8-11(17-3)6-5-9(12(8)18-4)10-7-14-13(16)15(10)2/h5-6,10H,7H2,1-4H3,(H,14,16). The van der Waals surface area contributed by atoms with Gasteiger partial charge in [-0.15, -0.1) is 0 Å². The van der Waals surface area contributed by atoms with Crippen LogP contribution in [0, 0.1) is 6.92 Å². The van der Waals surface area contributed by atoms with Gasteiger partial charge in [-0.1, -0.05) is 0 Å². The number of rotatable bonds is 3. The third kappa shape index (κ3) is 1.85. The highest BCUT2D eigenvalue weighted by Gasteiger charge is 2.31. The van der Waals surface area contributed by atoms with Crippen molar-refractivity contribution >= 4 is 6.03 Å². The van der Waals surface area contributed by atoms with E-state index in [2.05, 4.69) is 5.32 Å². The molecule has 5 nitrogen and oxygen atoms in total. The topological polar surface area (TPSA) is 50.8 Å². The van der Waals surface area contributed by atoms with E-state index in [4.69, 9.17) is 9.47 Å². The van der Waals surface area contributed by atoms with E-state index in [0.29, 0.717) is 6.54 Å². The minimum Gasteiger partial charge on any atom is -0.496 e. The summed E-state index contributed by atoms with van der Waals surface area (Å²) in [6.45, 7) is 2.54. The number of hydrogen-bond donors (Lipinski definition) is 1. The molecule has 0 saturated carbocycles. The first kappa shape index (κ1) is 12.5. The first-order valence-electron chi connectivity index (χ1n) is 5.82. The van der Waals surface area contributed by atoms with E-state index in [1.54, 1.807) is 26.2 Å². The number of carbonyl (C=O) groups excluding carboxylic acids is 1. The summed E-state index contributed by atoms with van der Waals surface area (Å²) in [5.74, 6) is 1.57. The molecule has 1 aliphatic rings. The molecule has 0 spiro atoms. The Balaban J connectivity index is 2.45. The summed E-state index contributed by atoms with van der Waals surface area (Å²) >= 11 is 0. The Morgan fingerprint density at radius 3 is 2.56 bits per heavy atom. The normalized spacial score (nSPS) is 18.8. The lowest BCUT2D eigenvalue weighted by Crippen LogP contribution is -2.25. The average Bonchev–Trinajstić information content (AvgIpc) is 2.69. The van der Waals surface area contributed by atoms with Gasteiger partial charge in [0, 0.05) is 24.7 Å². The van der Waals surface area contributed by atoms with Gasteiger partial charge in [0.25, 0.3) is 0 Å². The number of hydrogen-bond acceptors (Lipinski definition) is 3. The molecule has 0 aromatic heterocycles. The smallest absolute Gasteiger partial charge is 0.317 e. The predicted octanol–water partition coefficient (Wildman–Crippen LogP) is 1.71. The maximum atomic E-state index is 11.5. The highest BCUT2D eigenvalue weighted by molar-refractivity contribution is 5.77. The number of nitrogens with one attached hydrogen (secondary N) is 1. The highest BCUT2D eigenvalue weighted by atomic mass is 16.5. The molecule has 1 heterocycles. The van der Waals surface area contributed by atoms with Crippen molar-refractivity contribution in [2.45, 2.75) is 13.0 Å². The van der Waals surface area contributed by atoms with Gasteiger partial charge in [0.05, 0.1) is 20.3 Å². The van der Waals surface area contributed by atoms with Gasteiger partial charge in [0.2, 0.25) is 0 Å². The molecule has 1 aliphatic heterocycles. The molecule has 1 aromatic carbocycles. The largest absolute Gasteiger partial charge is 0.496 e. The second-order valence-electron chi connectivity index (χ2n) is 4.33. The van der Waals surface area contributed by atoms with Gasteiger partial charge in [-0.3, -0.25) is 0 Å². The average molecular weight is 250 g/mol. The van der Waals surface area contributed by atoms with Gasteiger partial charge < -0.3 is 19.7 Å². The minimum atomic E-state index is -0.0597. The maximum Gasteiger partial charge on any atom is 0.317 e. The number of nitrogens with zero attached hydrogens (tertiary/aromatic N) is 1. The van der Waals surface area contributed by atoms with E-state index in [1.807, 2.05) is 19.1 Å². The third-order valence-electron chi connectivity index (χ3n) is 3.40. The van der Waals surface area contributed by atoms with Crippen molar-refractivity contribution in [3.05, 3.63) is 23.3 Å². The zero-order valence-corrected chi connectivity index (χ0v) is 11.1. The van der Waals surface area contributed by atoms with Crippen LogP contribution in [0.25, 0.3) is 0 Å². The van der Waals surface area contributed by atoms with Gasteiger partial charge in [-0.05, 0) is 19.1 Å². The molecule has 98 valence electrons. The van der Waals surface area contributed by atoms with Crippen LogP contribution in [0.1, 0.15) is 17.2 Å². The molecule has 0 aliphatic carbocycles. The molecular weight excluding hydrogens is 232 g/mol. The molecule has 1 aromatic rings. The Labute approximate surface area is 107 Å². The predicted molar refractivity (Wildman–Crippen MR) is 68.2 cm³/mol. The quantitative estimate of drug-likeness (QED) is 0.888. The summed E-state index contributed by atoms with van der Waals surface area (Å²) in [7, 11) is 5.05. The van der Waals surface area contributed by atoms with E-state index < -0.39 is 0 Å². The Hall–Kier alpha value is -1.91. The number of urea groups is 1. The Morgan fingerprint density at radius 1 is 1.33 bits per heavy atom. The molecule has 1 saturated heterocycles. The summed E-state index contributed by atoms with van der Waals surface area (Å²) in [5.41, 5.74) is 1.95. The van der Waals surface area contributed by atoms with Gasteiger partial charge in [0.1, 0.15) is 11.5 Å². The first-order chi connectivity index (χ1) is 8.60. The highest BCUT2D eigenvalue weighted by Crippen LogP contribution is 2.37. The third-order valence-corrected chi connectivity index (χ3v) is 3.40. The lowest BCUT2D eigenvalue weighted by Gasteiger charge is -2.22. The van der Waals surface area contributed by atoms with Crippen LogP contribution < -0.4 is 14.8 Å². The Morgan fingerprint density at radius 2 is 2.06 bits per heavy atom. The fourth-order valence-corrected chi connectivity index (χ4v) is 2.35. The molecule has 5 heteroatoms. The summed E-state index contributed by atoms with van der Waals surface area (Å²) < 4.78 is 10.7. The van der Waals surface area contributed by atoms with Crippen molar-refractivity contribution in [2.75, 3.05) is 27.8 Å². The van der Waals surface area contributed by atoms with Gasteiger partial charge >= 0.3 is 6.03 Å². The SMILES string of the molecule is COc1ccc(C2CNC(=O)N2C)c(OC)c1C. The van der Waals surface area contributed by atoms with Crippen LogP contribution in [0.3, 0.4) is 0 Å². The number of benzene rings is 1. The van der Waals surface area contributed by atoms with Crippen LogP contribution in [0.15, 0.2) is 12.1 Å². The van der Waals surface area contributed by atoms with Crippen molar-refractivity contribution in [1.82, 2.24) is 10.2 Å². The van der Waals surface area contributed by atoms with E-state index in [0.717, 1.165) is 22.6 Å². The molecule has 0 radical (unpaired) electrons. The van der Waals surface area contributed by atoms with Gasteiger partial charge in [-0.25, -0.2) is 4.79 Å². The van der Waals surface area contributed by atoms with Crippen molar-refractivity contribution in [3.8, 4) is 11.5 Å². The molecule has 0 bridgehead atoms. The van der Waals surface area contributed by atoms with Crippen molar-refractivity contribution < 1.29 is 14.3 Å². The summed E-state index contributed by atoms with van der Waals surface area (Å²) in [6.07, 6.45) is 0. The van der Waals surface area contributed by atoms with Crippen LogP contribution in [-0.4, -0.2) is 38.7 Å². The van der Waals surface area contributed by atoms with Crippen molar-refractivity contribution in [1.29, 1.82) is 0 Å².